The Morgan fingerprint density at radius 2 is 1.92 bits per heavy atom. The average molecular weight is 343 g/mol. The third-order valence-electron chi connectivity index (χ3n) is 3.76. The summed E-state index contributed by atoms with van der Waals surface area (Å²) in [5, 5.41) is 7.76. The first-order chi connectivity index (χ1) is 12.8. The summed E-state index contributed by atoms with van der Waals surface area (Å²) in [5.74, 6) is 2.06. The van der Waals surface area contributed by atoms with Crippen molar-refractivity contribution in [3.8, 4) is 17.1 Å². The van der Waals surface area contributed by atoms with E-state index in [1.54, 1.807) is 23.4 Å². The monoisotopic (exact) mass is 343 g/mol. The van der Waals surface area contributed by atoms with Crippen molar-refractivity contribution in [1.82, 2.24) is 29.7 Å². The largest absolute Gasteiger partial charge is 0.363 e. The van der Waals surface area contributed by atoms with Gasteiger partial charge in [-0.2, -0.15) is 0 Å². The van der Waals surface area contributed by atoms with Gasteiger partial charge in [0.15, 0.2) is 11.6 Å². The number of anilines is 1. The minimum absolute atomic E-state index is 0.475. The summed E-state index contributed by atoms with van der Waals surface area (Å²) >= 11 is 0. The number of aromatic nitrogens is 6. The number of benzene rings is 1. The second-order valence-electron chi connectivity index (χ2n) is 5.75. The lowest BCUT2D eigenvalue weighted by Crippen LogP contribution is -2.06. The van der Waals surface area contributed by atoms with E-state index in [0.29, 0.717) is 18.2 Å². The summed E-state index contributed by atoms with van der Waals surface area (Å²) in [6, 6.07) is 15.6. The molecule has 0 atom stereocenters. The number of rotatable bonds is 5. The zero-order valence-electron chi connectivity index (χ0n) is 14.2. The van der Waals surface area contributed by atoms with Gasteiger partial charge in [-0.3, -0.25) is 4.98 Å². The summed E-state index contributed by atoms with van der Waals surface area (Å²) in [6.07, 6.45) is 5.19. The summed E-state index contributed by atoms with van der Waals surface area (Å²) in [6.45, 7) is 2.41. The Morgan fingerprint density at radius 1 is 1.04 bits per heavy atom. The van der Waals surface area contributed by atoms with Crippen molar-refractivity contribution in [3.63, 3.8) is 0 Å². The second-order valence-corrected chi connectivity index (χ2v) is 5.75. The van der Waals surface area contributed by atoms with Crippen LogP contribution in [0.25, 0.3) is 17.1 Å². The molecule has 1 N–H and O–H groups in total. The van der Waals surface area contributed by atoms with Crippen LogP contribution in [0.4, 0.5) is 5.82 Å². The first-order valence-corrected chi connectivity index (χ1v) is 8.24. The number of nitrogens with one attached hydrogen (secondary N) is 1. The number of para-hydroxylation sites is 1. The minimum Gasteiger partial charge on any atom is -0.363 e. The van der Waals surface area contributed by atoms with E-state index >= 15 is 0 Å². The molecule has 0 bridgehead atoms. The zero-order chi connectivity index (χ0) is 17.8. The molecule has 0 aliphatic carbocycles. The molecular weight excluding hydrogens is 326 g/mol. The van der Waals surface area contributed by atoms with Crippen LogP contribution in [0.15, 0.2) is 67.3 Å². The molecule has 4 aromatic rings. The van der Waals surface area contributed by atoms with Gasteiger partial charge >= 0.3 is 0 Å². The van der Waals surface area contributed by atoms with Gasteiger partial charge < -0.3 is 5.32 Å². The Kier molecular flexibility index (Phi) is 4.34. The maximum atomic E-state index is 4.56. The van der Waals surface area contributed by atoms with Gasteiger partial charge in [-0.15, -0.1) is 5.10 Å². The van der Waals surface area contributed by atoms with Crippen molar-refractivity contribution < 1.29 is 0 Å². The van der Waals surface area contributed by atoms with Crippen molar-refractivity contribution in [2.24, 2.45) is 0 Å². The van der Waals surface area contributed by atoms with Crippen molar-refractivity contribution in [2.45, 2.75) is 13.5 Å². The molecule has 0 radical (unpaired) electrons. The molecule has 4 rings (SSSR count). The van der Waals surface area contributed by atoms with Crippen molar-refractivity contribution in [1.29, 1.82) is 0 Å². The molecule has 0 saturated heterocycles. The fraction of sp³-hybridized carbons (Fsp3) is 0.105. The SMILES string of the molecule is Cc1cc(NCc2ncn(-c3ccccc3)n2)nc(-c2cccnc2)n1. The highest BCUT2D eigenvalue weighted by molar-refractivity contribution is 5.56. The number of pyridine rings is 1. The first-order valence-electron chi connectivity index (χ1n) is 8.24. The minimum atomic E-state index is 0.475. The van der Waals surface area contributed by atoms with Crippen molar-refractivity contribution in [3.05, 3.63) is 78.8 Å². The van der Waals surface area contributed by atoms with Crippen molar-refractivity contribution >= 4 is 5.82 Å². The number of aryl methyl sites for hydroxylation is 1. The Labute approximate surface area is 150 Å². The standard InChI is InChI=1S/C19H17N7/c1-14-10-17(24-19(23-14)15-6-5-9-20-11-15)21-12-18-22-13-26(25-18)16-7-3-2-4-8-16/h2-11,13H,12H2,1H3,(H,21,23,24). The molecule has 0 unspecified atom stereocenters. The lowest BCUT2D eigenvalue weighted by atomic mass is 10.2. The van der Waals surface area contributed by atoms with Gasteiger partial charge in [-0.05, 0) is 31.2 Å². The average Bonchev–Trinajstić information content (AvgIpc) is 3.16. The van der Waals surface area contributed by atoms with Crippen LogP contribution < -0.4 is 5.32 Å². The van der Waals surface area contributed by atoms with E-state index in [0.717, 1.165) is 22.8 Å². The molecule has 7 heteroatoms. The quantitative estimate of drug-likeness (QED) is 0.600. The summed E-state index contributed by atoms with van der Waals surface area (Å²) in [4.78, 5) is 17.5. The molecule has 1 aromatic carbocycles. The zero-order valence-corrected chi connectivity index (χ0v) is 14.2. The molecule has 0 aliphatic rings. The summed E-state index contributed by atoms with van der Waals surface area (Å²) in [7, 11) is 0. The third-order valence-corrected chi connectivity index (χ3v) is 3.76. The van der Waals surface area contributed by atoms with Crippen LogP contribution in [0.5, 0.6) is 0 Å². The predicted molar refractivity (Wildman–Crippen MR) is 98.7 cm³/mol. The van der Waals surface area contributed by atoms with Crippen LogP contribution in [0.3, 0.4) is 0 Å². The maximum absolute atomic E-state index is 4.56. The van der Waals surface area contributed by atoms with Crippen LogP contribution in [0, 0.1) is 6.92 Å². The van der Waals surface area contributed by atoms with E-state index in [-0.39, 0.29) is 0 Å². The van der Waals surface area contributed by atoms with E-state index in [1.165, 1.54) is 0 Å². The smallest absolute Gasteiger partial charge is 0.170 e. The Hall–Kier alpha value is -3.61. The lowest BCUT2D eigenvalue weighted by Gasteiger charge is -2.07. The molecule has 3 heterocycles. The highest BCUT2D eigenvalue weighted by atomic mass is 15.3. The highest BCUT2D eigenvalue weighted by Gasteiger charge is 2.07. The van der Waals surface area contributed by atoms with Gasteiger partial charge in [0.05, 0.1) is 12.2 Å². The lowest BCUT2D eigenvalue weighted by molar-refractivity contribution is 0.841. The van der Waals surface area contributed by atoms with Gasteiger partial charge in [0.2, 0.25) is 0 Å². The van der Waals surface area contributed by atoms with Gasteiger partial charge in [0, 0.05) is 29.7 Å². The summed E-state index contributed by atoms with van der Waals surface area (Å²) < 4.78 is 1.75. The van der Waals surface area contributed by atoms with Crippen LogP contribution in [0.1, 0.15) is 11.5 Å². The van der Waals surface area contributed by atoms with Gasteiger partial charge in [-0.1, -0.05) is 18.2 Å². The molecule has 0 fully saturated rings. The van der Waals surface area contributed by atoms with Gasteiger partial charge in [0.25, 0.3) is 0 Å². The number of hydrogen-bond donors (Lipinski definition) is 1. The predicted octanol–water partition coefficient (Wildman–Crippen LogP) is 3.04. The molecular formula is C19H17N7. The topological polar surface area (TPSA) is 81.4 Å². The van der Waals surface area contributed by atoms with Crippen LogP contribution >= 0.6 is 0 Å². The van der Waals surface area contributed by atoms with Crippen LogP contribution in [-0.2, 0) is 6.54 Å². The van der Waals surface area contributed by atoms with E-state index < -0.39 is 0 Å². The molecule has 3 aromatic heterocycles. The number of hydrogen-bond acceptors (Lipinski definition) is 6. The fourth-order valence-corrected chi connectivity index (χ4v) is 2.54. The molecule has 26 heavy (non-hydrogen) atoms. The Balaban J connectivity index is 1.50. The molecule has 7 nitrogen and oxygen atoms in total. The van der Waals surface area contributed by atoms with Crippen LogP contribution in [-0.4, -0.2) is 29.7 Å². The molecule has 0 amide bonds. The highest BCUT2D eigenvalue weighted by Crippen LogP contribution is 2.17. The Morgan fingerprint density at radius 3 is 2.73 bits per heavy atom. The molecule has 0 aliphatic heterocycles. The first kappa shape index (κ1) is 15.9. The third kappa shape index (κ3) is 3.56. The fourth-order valence-electron chi connectivity index (χ4n) is 2.54. The van der Waals surface area contributed by atoms with Crippen molar-refractivity contribution in [2.75, 3.05) is 5.32 Å². The molecule has 0 spiro atoms. The van der Waals surface area contributed by atoms with E-state index in [4.69, 9.17) is 0 Å². The van der Waals surface area contributed by atoms with E-state index in [2.05, 4.69) is 30.4 Å². The van der Waals surface area contributed by atoms with Gasteiger partial charge in [0.1, 0.15) is 12.1 Å². The summed E-state index contributed by atoms with van der Waals surface area (Å²) in [5.41, 5.74) is 2.73. The molecule has 128 valence electrons. The normalized spacial score (nSPS) is 10.7. The molecule has 0 saturated carbocycles. The number of nitrogens with zero attached hydrogens (tertiary/aromatic N) is 6. The second kappa shape index (κ2) is 7.10. The maximum Gasteiger partial charge on any atom is 0.170 e. The van der Waals surface area contributed by atoms with Gasteiger partial charge in [-0.25, -0.2) is 19.6 Å². The van der Waals surface area contributed by atoms with E-state index in [9.17, 15) is 0 Å². The Bertz CT molecular complexity index is 997. The van der Waals surface area contributed by atoms with Crippen LogP contribution in [0.2, 0.25) is 0 Å². The van der Waals surface area contributed by atoms with E-state index in [1.807, 2.05) is 55.5 Å².